The monoisotopic (exact) mass is 299 g/mol. The minimum Gasteiger partial charge on any atom is -0.324 e. The SMILES string of the molecule is Fc1ccccc1-c1ccnc(Nc2ccc(Cl)cc2)n1. The molecule has 0 saturated heterocycles. The molecule has 1 aromatic heterocycles. The molecule has 0 aliphatic heterocycles. The molecule has 0 aliphatic carbocycles. The summed E-state index contributed by atoms with van der Waals surface area (Å²) in [6.45, 7) is 0. The van der Waals surface area contributed by atoms with Gasteiger partial charge in [0.1, 0.15) is 5.82 Å². The van der Waals surface area contributed by atoms with E-state index in [1.54, 1.807) is 42.6 Å². The fraction of sp³-hybridized carbons (Fsp3) is 0. The summed E-state index contributed by atoms with van der Waals surface area (Å²) >= 11 is 5.84. The summed E-state index contributed by atoms with van der Waals surface area (Å²) in [6, 6.07) is 15.4. The fourth-order valence-corrected chi connectivity index (χ4v) is 2.03. The van der Waals surface area contributed by atoms with Crippen LogP contribution in [0.1, 0.15) is 0 Å². The molecule has 0 amide bonds. The van der Waals surface area contributed by atoms with Crippen LogP contribution < -0.4 is 5.32 Å². The number of hydrogen-bond acceptors (Lipinski definition) is 3. The Morgan fingerprint density at radius 3 is 2.48 bits per heavy atom. The molecule has 0 spiro atoms. The minimum atomic E-state index is -0.311. The number of anilines is 2. The molecule has 5 heteroatoms. The second-order valence-corrected chi connectivity index (χ2v) is 4.81. The summed E-state index contributed by atoms with van der Waals surface area (Å²) in [5, 5.41) is 3.71. The maximum Gasteiger partial charge on any atom is 0.227 e. The molecular weight excluding hydrogens is 289 g/mol. The van der Waals surface area contributed by atoms with Crippen molar-refractivity contribution in [2.24, 2.45) is 0 Å². The predicted octanol–water partition coefficient (Wildman–Crippen LogP) is 4.68. The van der Waals surface area contributed by atoms with Gasteiger partial charge in [0.25, 0.3) is 0 Å². The first-order valence-corrected chi connectivity index (χ1v) is 6.71. The first-order chi connectivity index (χ1) is 10.2. The Morgan fingerprint density at radius 1 is 0.952 bits per heavy atom. The summed E-state index contributed by atoms with van der Waals surface area (Å²) in [6.07, 6.45) is 1.59. The van der Waals surface area contributed by atoms with Crippen molar-refractivity contribution in [1.29, 1.82) is 0 Å². The number of rotatable bonds is 3. The van der Waals surface area contributed by atoms with Crippen molar-refractivity contribution >= 4 is 23.2 Å². The van der Waals surface area contributed by atoms with E-state index in [0.29, 0.717) is 22.2 Å². The third-order valence-electron chi connectivity index (χ3n) is 2.91. The van der Waals surface area contributed by atoms with Gasteiger partial charge in [0.2, 0.25) is 5.95 Å². The Labute approximate surface area is 126 Å². The Morgan fingerprint density at radius 2 is 1.71 bits per heavy atom. The zero-order valence-electron chi connectivity index (χ0n) is 10.9. The minimum absolute atomic E-state index is 0.311. The van der Waals surface area contributed by atoms with E-state index in [9.17, 15) is 4.39 Å². The first kappa shape index (κ1) is 13.5. The number of benzene rings is 2. The van der Waals surface area contributed by atoms with Gasteiger partial charge in [-0.1, -0.05) is 23.7 Å². The summed E-state index contributed by atoms with van der Waals surface area (Å²) in [5.41, 5.74) is 1.78. The van der Waals surface area contributed by atoms with Gasteiger partial charge < -0.3 is 5.32 Å². The molecule has 3 nitrogen and oxygen atoms in total. The molecular formula is C16H11ClFN3. The van der Waals surface area contributed by atoms with Gasteiger partial charge in [-0.3, -0.25) is 0 Å². The average Bonchev–Trinajstić information content (AvgIpc) is 2.50. The Bertz CT molecular complexity index is 759. The summed E-state index contributed by atoms with van der Waals surface area (Å²) in [7, 11) is 0. The lowest BCUT2D eigenvalue weighted by molar-refractivity contribution is 0.630. The van der Waals surface area contributed by atoms with E-state index in [4.69, 9.17) is 11.6 Å². The molecule has 1 N–H and O–H groups in total. The van der Waals surface area contributed by atoms with Crippen molar-refractivity contribution in [1.82, 2.24) is 9.97 Å². The van der Waals surface area contributed by atoms with Gasteiger partial charge in [-0.05, 0) is 42.5 Å². The molecule has 2 aromatic carbocycles. The van der Waals surface area contributed by atoms with E-state index < -0.39 is 0 Å². The van der Waals surface area contributed by atoms with Crippen molar-refractivity contribution < 1.29 is 4.39 Å². The molecule has 0 saturated carbocycles. The van der Waals surface area contributed by atoms with Crippen LogP contribution in [0.15, 0.2) is 60.8 Å². The predicted molar refractivity (Wildman–Crippen MR) is 82.2 cm³/mol. The molecule has 0 atom stereocenters. The normalized spacial score (nSPS) is 10.4. The zero-order chi connectivity index (χ0) is 14.7. The third kappa shape index (κ3) is 3.17. The van der Waals surface area contributed by atoms with Crippen LogP contribution in [0.25, 0.3) is 11.3 Å². The summed E-state index contributed by atoms with van der Waals surface area (Å²) < 4.78 is 13.8. The lowest BCUT2D eigenvalue weighted by Crippen LogP contribution is -1.98. The van der Waals surface area contributed by atoms with Crippen LogP contribution in [0.3, 0.4) is 0 Å². The number of halogens is 2. The molecule has 3 rings (SSSR count). The standard InChI is InChI=1S/C16H11ClFN3/c17-11-5-7-12(8-6-11)20-16-19-10-9-15(21-16)13-3-1-2-4-14(13)18/h1-10H,(H,19,20,21). The van der Waals surface area contributed by atoms with Crippen LogP contribution in [0.5, 0.6) is 0 Å². The Balaban J connectivity index is 1.90. The van der Waals surface area contributed by atoms with E-state index in [0.717, 1.165) is 5.69 Å². The van der Waals surface area contributed by atoms with Gasteiger partial charge in [0.05, 0.1) is 5.69 Å². The average molecular weight is 300 g/mol. The van der Waals surface area contributed by atoms with Crippen LogP contribution in [0.4, 0.5) is 16.0 Å². The van der Waals surface area contributed by atoms with Gasteiger partial charge >= 0.3 is 0 Å². The molecule has 0 radical (unpaired) electrons. The highest BCUT2D eigenvalue weighted by atomic mass is 35.5. The number of hydrogen-bond donors (Lipinski definition) is 1. The molecule has 0 fully saturated rings. The van der Waals surface area contributed by atoms with Crippen LogP contribution in [-0.2, 0) is 0 Å². The number of nitrogens with one attached hydrogen (secondary N) is 1. The van der Waals surface area contributed by atoms with Gasteiger partial charge in [-0.2, -0.15) is 0 Å². The molecule has 0 unspecified atom stereocenters. The highest BCUT2D eigenvalue weighted by molar-refractivity contribution is 6.30. The van der Waals surface area contributed by atoms with E-state index >= 15 is 0 Å². The Kier molecular flexibility index (Phi) is 3.79. The van der Waals surface area contributed by atoms with Gasteiger partial charge in [0, 0.05) is 22.5 Å². The van der Waals surface area contributed by atoms with Gasteiger partial charge in [-0.15, -0.1) is 0 Å². The first-order valence-electron chi connectivity index (χ1n) is 6.33. The molecule has 0 bridgehead atoms. The molecule has 0 aliphatic rings. The lowest BCUT2D eigenvalue weighted by Gasteiger charge is -2.07. The third-order valence-corrected chi connectivity index (χ3v) is 3.16. The number of aromatic nitrogens is 2. The van der Waals surface area contributed by atoms with Crippen molar-refractivity contribution in [3.05, 3.63) is 71.6 Å². The summed E-state index contributed by atoms with van der Waals surface area (Å²) in [5.74, 6) is 0.0896. The van der Waals surface area contributed by atoms with E-state index in [1.165, 1.54) is 6.07 Å². The quantitative estimate of drug-likeness (QED) is 0.763. The highest BCUT2D eigenvalue weighted by Gasteiger charge is 2.07. The van der Waals surface area contributed by atoms with Gasteiger partial charge in [0.15, 0.2) is 0 Å². The van der Waals surface area contributed by atoms with Crippen molar-refractivity contribution in [2.75, 3.05) is 5.32 Å². The second kappa shape index (κ2) is 5.89. The molecule has 1 heterocycles. The lowest BCUT2D eigenvalue weighted by atomic mass is 10.1. The molecule has 21 heavy (non-hydrogen) atoms. The molecule has 3 aromatic rings. The van der Waals surface area contributed by atoms with Crippen LogP contribution >= 0.6 is 11.6 Å². The van der Waals surface area contributed by atoms with E-state index in [1.807, 2.05) is 12.1 Å². The van der Waals surface area contributed by atoms with Crippen molar-refractivity contribution in [3.8, 4) is 11.3 Å². The maximum absolute atomic E-state index is 13.8. The largest absolute Gasteiger partial charge is 0.324 e. The van der Waals surface area contributed by atoms with Crippen LogP contribution in [-0.4, -0.2) is 9.97 Å². The second-order valence-electron chi connectivity index (χ2n) is 4.38. The smallest absolute Gasteiger partial charge is 0.227 e. The van der Waals surface area contributed by atoms with Crippen LogP contribution in [0.2, 0.25) is 5.02 Å². The summed E-state index contributed by atoms with van der Waals surface area (Å²) in [4.78, 5) is 8.46. The molecule has 104 valence electrons. The Hall–Kier alpha value is -2.46. The van der Waals surface area contributed by atoms with Gasteiger partial charge in [-0.25, -0.2) is 14.4 Å². The van der Waals surface area contributed by atoms with Crippen LogP contribution in [0, 0.1) is 5.82 Å². The van der Waals surface area contributed by atoms with E-state index in [-0.39, 0.29) is 5.82 Å². The maximum atomic E-state index is 13.8. The van der Waals surface area contributed by atoms with E-state index in [2.05, 4.69) is 15.3 Å². The fourth-order valence-electron chi connectivity index (χ4n) is 1.90. The van der Waals surface area contributed by atoms with Crippen molar-refractivity contribution in [3.63, 3.8) is 0 Å². The topological polar surface area (TPSA) is 37.8 Å². The number of nitrogens with zero attached hydrogens (tertiary/aromatic N) is 2. The highest BCUT2D eigenvalue weighted by Crippen LogP contribution is 2.22. The zero-order valence-corrected chi connectivity index (χ0v) is 11.7. The van der Waals surface area contributed by atoms with Crippen molar-refractivity contribution in [2.45, 2.75) is 0 Å².